The lowest BCUT2D eigenvalue weighted by Crippen LogP contribution is -1.99. The van der Waals surface area contributed by atoms with Crippen LogP contribution in [0, 0.1) is 20.2 Å². The Morgan fingerprint density at radius 3 is 2.50 bits per heavy atom. The molecule has 2 aromatic rings. The van der Waals surface area contributed by atoms with Gasteiger partial charge in [-0.2, -0.15) is 0 Å². The quantitative estimate of drug-likeness (QED) is 0.668. The molecule has 0 unspecified atom stereocenters. The van der Waals surface area contributed by atoms with E-state index in [1.54, 1.807) is 6.07 Å². The number of benzene rings is 1. The van der Waals surface area contributed by atoms with Gasteiger partial charge in [0.05, 0.1) is 20.6 Å². The van der Waals surface area contributed by atoms with Gasteiger partial charge in [0.15, 0.2) is 0 Å². The third kappa shape index (κ3) is 3.22. The molecule has 0 atom stereocenters. The van der Waals surface area contributed by atoms with Crippen LogP contribution in [0.2, 0.25) is 5.02 Å². The van der Waals surface area contributed by atoms with Gasteiger partial charge >= 0.3 is 5.00 Å². The van der Waals surface area contributed by atoms with Gasteiger partial charge in [0, 0.05) is 29.6 Å². The first kappa shape index (κ1) is 14.2. The van der Waals surface area contributed by atoms with Gasteiger partial charge in [-0.3, -0.25) is 20.2 Å². The smallest absolute Gasteiger partial charge is 0.324 e. The summed E-state index contributed by atoms with van der Waals surface area (Å²) in [6, 6.07) is 7.10. The van der Waals surface area contributed by atoms with Crippen molar-refractivity contribution >= 4 is 39.3 Å². The fourth-order valence-corrected chi connectivity index (χ4v) is 2.45. The fourth-order valence-electron chi connectivity index (χ4n) is 1.50. The van der Waals surface area contributed by atoms with Crippen LogP contribution in [0.4, 0.5) is 16.4 Å². The lowest BCUT2D eigenvalue weighted by Gasteiger charge is -2.06. The second-order valence-electron chi connectivity index (χ2n) is 3.77. The number of anilines is 1. The van der Waals surface area contributed by atoms with Crippen LogP contribution >= 0.6 is 22.9 Å². The Hall–Kier alpha value is -2.19. The predicted molar refractivity (Wildman–Crippen MR) is 76.4 cm³/mol. The Morgan fingerprint density at radius 1 is 1.15 bits per heavy atom. The summed E-state index contributed by atoms with van der Waals surface area (Å²) in [6.07, 6.45) is 0. The van der Waals surface area contributed by atoms with E-state index in [1.165, 1.54) is 24.3 Å². The van der Waals surface area contributed by atoms with Crippen molar-refractivity contribution in [3.63, 3.8) is 0 Å². The SMILES string of the molecule is O=[N+]([O-])c1ccc(Cl)c(NCc2ccc([N+](=O)[O-])s2)c1. The molecule has 1 N–H and O–H groups in total. The summed E-state index contributed by atoms with van der Waals surface area (Å²) >= 11 is 6.97. The van der Waals surface area contributed by atoms with Crippen LogP contribution in [0.3, 0.4) is 0 Å². The molecule has 2 rings (SSSR count). The summed E-state index contributed by atoms with van der Waals surface area (Å²) < 4.78 is 0. The summed E-state index contributed by atoms with van der Waals surface area (Å²) in [6.45, 7) is 0.305. The van der Waals surface area contributed by atoms with Crippen molar-refractivity contribution < 1.29 is 9.85 Å². The van der Waals surface area contributed by atoms with Crippen molar-refractivity contribution in [3.05, 3.63) is 60.5 Å². The molecular weight excluding hydrogens is 306 g/mol. The maximum Gasteiger partial charge on any atom is 0.324 e. The molecule has 0 aliphatic heterocycles. The van der Waals surface area contributed by atoms with Crippen molar-refractivity contribution in [2.45, 2.75) is 6.54 Å². The number of nitro groups is 2. The summed E-state index contributed by atoms with van der Waals surface area (Å²) in [7, 11) is 0. The maximum absolute atomic E-state index is 10.7. The van der Waals surface area contributed by atoms with Crippen molar-refractivity contribution in [3.8, 4) is 0 Å². The number of rotatable bonds is 5. The van der Waals surface area contributed by atoms with Crippen LogP contribution in [-0.4, -0.2) is 9.85 Å². The molecule has 0 bridgehead atoms. The molecule has 0 saturated carbocycles. The number of hydrogen-bond donors (Lipinski definition) is 1. The van der Waals surface area contributed by atoms with Crippen LogP contribution in [-0.2, 0) is 6.54 Å². The molecule has 9 heteroatoms. The number of nitrogens with one attached hydrogen (secondary N) is 1. The Kier molecular flexibility index (Phi) is 4.16. The van der Waals surface area contributed by atoms with E-state index in [-0.39, 0.29) is 10.7 Å². The molecule has 7 nitrogen and oxygen atoms in total. The first-order valence-electron chi connectivity index (χ1n) is 5.38. The summed E-state index contributed by atoms with van der Waals surface area (Å²) in [4.78, 5) is 21.0. The Bertz CT molecular complexity index is 673. The van der Waals surface area contributed by atoms with E-state index in [4.69, 9.17) is 11.6 Å². The van der Waals surface area contributed by atoms with Gasteiger partial charge in [0.25, 0.3) is 5.69 Å². The molecule has 0 aliphatic rings. The van der Waals surface area contributed by atoms with Crippen LogP contribution in [0.25, 0.3) is 0 Å². The minimum absolute atomic E-state index is 0.0481. The first-order chi connectivity index (χ1) is 9.47. The number of non-ortho nitro benzene ring substituents is 1. The molecular formula is C11H8ClN3O4S. The van der Waals surface area contributed by atoms with Crippen molar-refractivity contribution in [2.24, 2.45) is 0 Å². The first-order valence-corrected chi connectivity index (χ1v) is 6.58. The van der Waals surface area contributed by atoms with E-state index in [2.05, 4.69) is 5.32 Å². The van der Waals surface area contributed by atoms with Crippen molar-refractivity contribution in [2.75, 3.05) is 5.32 Å². The zero-order valence-corrected chi connectivity index (χ0v) is 11.5. The summed E-state index contributed by atoms with van der Waals surface area (Å²) in [5.41, 5.74) is 0.339. The Labute approximate surface area is 122 Å². The monoisotopic (exact) mass is 313 g/mol. The van der Waals surface area contributed by atoms with Crippen LogP contribution in [0.15, 0.2) is 30.3 Å². The number of hydrogen-bond acceptors (Lipinski definition) is 6. The molecule has 0 amide bonds. The average Bonchev–Trinajstić information content (AvgIpc) is 2.86. The molecule has 0 spiro atoms. The number of nitrogens with zero attached hydrogens (tertiary/aromatic N) is 2. The van der Waals surface area contributed by atoms with Gasteiger partial charge in [-0.05, 0) is 12.1 Å². The van der Waals surface area contributed by atoms with Crippen LogP contribution in [0.1, 0.15) is 4.88 Å². The van der Waals surface area contributed by atoms with E-state index >= 15 is 0 Å². The highest BCUT2D eigenvalue weighted by Crippen LogP contribution is 2.29. The number of halogens is 1. The van der Waals surface area contributed by atoms with Crippen molar-refractivity contribution in [1.29, 1.82) is 0 Å². The molecule has 0 fully saturated rings. The Balaban J connectivity index is 2.11. The maximum atomic E-state index is 10.7. The van der Waals surface area contributed by atoms with E-state index in [0.29, 0.717) is 17.3 Å². The van der Waals surface area contributed by atoms with Gasteiger partial charge in [-0.25, -0.2) is 0 Å². The number of nitro benzene ring substituents is 1. The molecule has 0 saturated heterocycles. The zero-order chi connectivity index (χ0) is 14.7. The molecule has 0 radical (unpaired) electrons. The van der Waals surface area contributed by atoms with E-state index < -0.39 is 9.85 Å². The van der Waals surface area contributed by atoms with E-state index in [0.717, 1.165) is 16.2 Å². The molecule has 1 heterocycles. The van der Waals surface area contributed by atoms with Gasteiger partial charge in [-0.15, -0.1) is 0 Å². The third-order valence-corrected chi connectivity index (χ3v) is 3.81. The zero-order valence-electron chi connectivity index (χ0n) is 9.91. The summed E-state index contributed by atoms with van der Waals surface area (Å²) in [5, 5.41) is 24.6. The topological polar surface area (TPSA) is 98.3 Å². The number of thiophene rings is 1. The largest absolute Gasteiger partial charge is 0.379 e. The Morgan fingerprint density at radius 2 is 1.90 bits per heavy atom. The standard InChI is InChI=1S/C11H8ClN3O4S/c12-9-3-1-7(14(16)17)5-10(9)13-6-8-2-4-11(20-8)15(18)19/h1-5,13H,6H2. The third-order valence-electron chi connectivity index (χ3n) is 2.44. The molecule has 104 valence electrons. The minimum Gasteiger partial charge on any atom is -0.379 e. The van der Waals surface area contributed by atoms with Gasteiger partial charge in [0.2, 0.25) is 0 Å². The molecule has 1 aromatic carbocycles. The summed E-state index contributed by atoms with van der Waals surface area (Å²) in [5.74, 6) is 0. The predicted octanol–water partition coefficient (Wildman–Crippen LogP) is 3.83. The van der Waals surface area contributed by atoms with Crippen LogP contribution in [0.5, 0.6) is 0 Å². The second kappa shape index (κ2) is 5.85. The van der Waals surface area contributed by atoms with Gasteiger partial charge in [0.1, 0.15) is 0 Å². The molecule has 1 aromatic heterocycles. The average molecular weight is 314 g/mol. The molecule has 20 heavy (non-hydrogen) atoms. The highest BCUT2D eigenvalue weighted by Gasteiger charge is 2.12. The van der Waals surface area contributed by atoms with Crippen LogP contribution < -0.4 is 5.32 Å². The van der Waals surface area contributed by atoms with E-state index in [1.807, 2.05) is 0 Å². The van der Waals surface area contributed by atoms with Gasteiger partial charge in [-0.1, -0.05) is 22.9 Å². The minimum atomic E-state index is -0.516. The fraction of sp³-hybridized carbons (Fsp3) is 0.0909. The lowest BCUT2D eigenvalue weighted by molar-refractivity contribution is -0.384. The van der Waals surface area contributed by atoms with E-state index in [9.17, 15) is 20.2 Å². The normalized spacial score (nSPS) is 10.2. The van der Waals surface area contributed by atoms with Crippen molar-refractivity contribution in [1.82, 2.24) is 0 Å². The highest BCUT2D eigenvalue weighted by molar-refractivity contribution is 7.15. The second-order valence-corrected chi connectivity index (χ2v) is 5.33. The molecule has 0 aliphatic carbocycles. The highest BCUT2D eigenvalue weighted by atomic mass is 35.5. The lowest BCUT2D eigenvalue weighted by atomic mass is 10.2. The van der Waals surface area contributed by atoms with Gasteiger partial charge < -0.3 is 5.32 Å².